The van der Waals surface area contributed by atoms with E-state index in [1.165, 1.54) is 5.57 Å². The largest absolute Gasteiger partial charge is 0.410 e. The second-order valence-corrected chi connectivity index (χ2v) is 13.8. The zero-order valence-corrected chi connectivity index (χ0v) is 18.3. The smallest absolute Gasteiger partial charge is 0.192 e. The molecule has 0 aliphatic heterocycles. The number of aromatic nitrogens is 1. The van der Waals surface area contributed by atoms with Gasteiger partial charge in [0.25, 0.3) is 0 Å². The average molecular weight is 368 g/mol. The fourth-order valence-electron chi connectivity index (χ4n) is 2.00. The van der Waals surface area contributed by atoms with Crippen molar-refractivity contribution in [1.82, 2.24) is 4.98 Å². The number of aliphatic hydroxyl groups is 1. The molecule has 136 valence electrons. The van der Waals surface area contributed by atoms with E-state index in [-0.39, 0.29) is 17.7 Å². The number of aliphatic hydroxyl groups excluding tert-OH is 1. The second-order valence-electron chi connectivity index (χ2n) is 7.99. The van der Waals surface area contributed by atoms with Gasteiger partial charge in [-0.25, -0.2) is 4.98 Å². The summed E-state index contributed by atoms with van der Waals surface area (Å²) >= 11 is 1.66. The Morgan fingerprint density at radius 3 is 2.46 bits per heavy atom. The van der Waals surface area contributed by atoms with E-state index in [4.69, 9.17) is 4.43 Å². The number of hydrogen-bond donors (Lipinski definition) is 1. The topological polar surface area (TPSA) is 42.4 Å². The van der Waals surface area contributed by atoms with Gasteiger partial charge in [0, 0.05) is 5.38 Å². The summed E-state index contributed by atoms with van der Waals surface area (Å²) in [7, 11) is -1.88. The predicted octanol–water partition coefficient (Wildman–Crippen LogP) is 5.57. The zero-order chi connectivity index (χ0) is 18.5. The van der Waals surface area contributed by atoms with Crippen LogP contribution < -0.4 is 0 Å². The number of nitrogens with zero attached hydrogens (tertiary/aromatic N) is 1. The standard InChI is InChI=1S/C19H33NO2SSi/c1-14(12-21)9-10-18(22-24(7,8)19(4,5)6)15(2)11-17-13-23-16(3)20-17/h9,11,13,18,21H,10,12H2,1-8H3/b14-9+,15-11+/t18-/m0/s1. The molecule has 0 saturated carbocycles. The van der Waals surface area contributed by atoms with E-state index in [0.29, 0.717) is 0 Å². The van der Waals surface area contributed by atoms with Crippen LogP contribution in [0.25, 0.3) is 6.08 Å². The van der Waals surface area contributed by atoms with Gasteiger partial charge in [-0.05, 0) is 57.0 Å². The molecule has 1 rings (SSSR count). The Morgan fingerprint density at radius 1 is 1.38 bits per heavy atom. The van der Waals surface area contributed by atoms with Crippen LogP contribution in [-0.2, 0) is 4.43 Å². The monoisotopic (exact) mass is 367 g/mol. The Labute approximate surface area is 152 Å². The van der Waals surface area contributed by atoms with Gasteiger partial charge in [-0.1, -0.05) is 32.4 Å². The number of hydrogen-bond acceptors (Lipinski definition) is 4. The molecule has 0 fully saturated rings. The quantitative estimate of drug-likeness (QED) is 0.506. The normalized spacial score (nSPS) is 15.7. The third-order valence-corrected chi connectivity index (χ3v) is 9.97. The highest BCUT2D eigenvalue weighted by atomic mass is 32.1. The summed E-state index contributed by atoms with van der Waals surface area (Å²) in [6, 6.07) is 0. The number of rotatable bonds is 7. The molecule has 1 heterocycles. The summed E-state index contributed by atoms with van der Waals surface area (Å²) in [5, 5.41) is 12.6. The molecule has 0 unspecified atom stereocenters. The molecule has 5 heteroatoms. The molecule has 0 radical (unpaired) electrons. The van der Waals surface area contributed by atoms with Gasteiger partial charge in [0.15, 0.2) is 8.32 Å². The van der Waals surface area contributed by atoms with Crippen molar-refractivity contribution >= 4 is 25.7 Å². The lowest BCUT2D eigenvalue weighted by molar-refractivity contribution is 0.217. The lowest BCUT2D eigenvalue weighted by atomic mass is 10.1. The average Bonchev–Trinajstić information content (AvgIpc) is 2.86. The van der Waals surface area contributed by atoms with Crippen LogP contribution in [0.5, 0.6) is 0 Å². The van der Waals surface area contributed by atoms with Crippen LogP contribution in [0, 0.1) is 6.92 Å². The molecular formula is C19H33NO2SSi. The highest BCUT2D eigenvalue weighted by molar-refractivity contribution is 7.09. The molecular weight excluding hydrogens is 334 g/mol. The molecule has 1 aromatic heterocycles. The molecule has 1 atom stereocenters. The van der Waals surface area contributed by atoms with Crippen molar-refractivity contribution in [3.63, 3.8) is 0 Å². The van der Waals surface area contributed by atoms with Crippen molar-refractivity contribution in [2.45, 2.75) is 72.2 Å². The molecule has 1 N–H and O–H groups in total. The molecule has 0 saturated heterocycles. The van der Waals surface area contributed by atoms with Gasteiger partial charge in [0.2, 0.25) is 0 Å². The Morgan fingerprint density at radius 2 is 2.00 bits per heavy atom. The van der Waals surface area contributed by atoms with Gasteiger partial charge >= 0.3 is 0 Å². The number of aryl methyl sites for hydroxylation is 1. The van der Waals surface area contributed by atoms with Crippen LogP contribution in [-0.4, -0.2) is 31.1 Å². The maximum Gasteiger partial charge on any atom is 0.192 e. The lowest BCUT2D eigenvalue weighted by Gasteiger charge is -2.39. The first-order valence-corrected chi connectivity index (χ1v) is 12.3. The summed E-state index contributed by atoms with van der Waals surface area (Å²) in [5.74, 6) is 0. The van der Waals surface area contributed by atoms with Gasteiger partial charge in [0.05, 0.1) is 23.4 Å². The first kappa shape index (κ1) is 21.3. The number of thiazole rings is 1. The fourth-order valence-corrected chi connectivity index (χ4v) is 3.92. The summed E-state index contributed by atoms with van der Waals surface area (Å²) < 4.78 is 6.66. The minimum atomic E-state index is -1.88. The summed E-state index contributed by atoms with van der Waals surface area (Å²) in [4.78, 5) is 4.53. The van der Waals surface area contributed by atoms with Crippen LogP contribution in [0.4, 0.5) is 0 Å². The second kappa shape index (κ2) is 8.56. The van der Waals surface area contributed by atoms with Gasteiger partial charge in [-0.2, -0.15) is 0 Å². The van der Waals surface area contributed by atoms with Crippen LogP contribution in [0.3, 0.4) is 0 Å². The molecule has 0 amide bonds. The van der Waals surface area contributed by atoms with Gasteiger partial charge in [-0.15, -0.1) is 11.3 Å². The molecule has 0 aliphatic carbocycles. The third kappa shape index (κ3) is 6.28. The third-order valence-electron chi connectivity index (χ3n) is 4.69. The summed E-state index contributed by atoms with van der Waals surface area (Å²) in [6.07, 6.45) is 5.02. The van der Waals surface area contributed by atoms with Crippen LogP contribution in [0.15, 0.2) is 22.6 Å². The van der Waals surface area contributed by atoms with Crippen LogP contribution in [0.1, 0.15) is 51.7 Å². The van der Waals surface area contributed by atoms with E-state index in [1.54, 1.807) is 11.3 Å². The van der Waals surface area contributed by atoms with E-state index >= 15 is 0 Å². The van der Waals surface area contributed by atoms with E-state index in [2.05, 4.69) is 63.3 Å². The van der Waals surface area contributed by atoms with Crippen molar-refractivity contribution in [1.29, 1.82) is 0 Å². The maximum absolute atomic E-state index is 9.26. The molecule has 24 heavy (non-hydrogen) atoms. The summed E-state index contributed by atoms with van der Waals surface area (Å²) in [5.41, 5.74) is 3.17. The van der Waals surface area contributed by atoms with Gasteiger partial charge < -0.3 is 9.53 Å². The van der Waals surface area contributed by atoms with Gasteiger partial charge in [0.1, 0.15) is 0 Å². The Bertz CT molecular complexity index is 597. The molecule has 3 nitrogen and oxygen atoms in total. The molecule has 0 spiro atoms. The van der Waals surface area contributed by atoms with E-state index < -0.39 is 8.32 Å². The molecule has 0 aliphatic rings. The molecule has 0 bridgehead atoms. The van der Waals surface area contributed by atoms with Crippen LogP contribution >= 0.6 is 11.3 Å². The minimum Gasteiger partial charge on any atom is -0.410 e. The van der Waals surface area contributed by atoms with Crippen molar-refractivity contribution in [2.24, 2.45) is 0 Å². The van der Waals surface area contributed by atoms with E-state index in [0.717, 1.165) is 22.7 Å². The Balaban J connectivity index is 3.06. The van der Waals surface area contributed by atoms with Crippen molar-refractivity contribution in [2.75, 3.05) is 6.61 Å². The van der Waals surface area contributed by atoms with Crippen molar-refractivity contribution in [3.05, 3.63) is 33.3 Å². The Hall–Kier alpha value is -0.753. The van der Waals surface area contributed by atoms with Gasteiger partial charge in [-0.3, -0.25) is 0 Å². The predicted molar refractivity (Wildman–Crippen MR) is 108 cm³/mol. The summed E-state index contributed by atoms with van der Waals surface area (Å²) in [6.45, 7) is 17.5. The molecule has 0 aromatic carbocycles. The first-order chi connectivity index (χ1) is 11.0. The lowest BCUT2D eigenvalue weighted by Crippen LogP contribution is -2.44. The fraction of sp³-hybridized carbons (Fsp3) is 0.632. The Kier molecular flexibility index (Phi) is 7.60. The van der Waals surface area contributed by atoms with Crippen LogP contribution in [0.2, 0.25) is 18.1 Å². The first-order valence-electron chi connectivity index (χ1n) is 8.51. The SMILES string of the molecule is C/C(=C\C[C@H](O[Si](C)(C)C(C)(C)C)/C(C)=C/c1csc(C)n1)CO. The van der Waals surface area contributed by atoms with Crippen molar-refractivity contribution in [3.8, 4) is 0 Å². The highest BCUT2D eigenvalue weighted by Crippen LogP contribution is 2.38. The highest BCUT2D eigenvalue weighted by Gasteiger charge is 2.39. The van der Waals surface area contributed by atoms with Crippen molar-refractivity contribution < 1.29 is 9.53 Å². The van der Waals surface area contributed by atoms with E-state index in [9.17, 15) is 5.11 Å². The maximum atomic E-state index is 9.26. The zero-order valence-electron chi connectivity index (χ0n) is 16.4. The molecule has 1 aromatic rings. The van der Waals surface area contributed by atoms with E-state index in [1.807, 2.05) is 13.8 Å². The minimum absolute atomic E-state index is 0.0226.